The molecule has 1 aromatic carbocycles. The second-order valence-electron chi connectivity index (χ2n) is 4.94. The Morgan fingerprint density at radius 1 is 1.20 bits per heavy atom. The van der Waals surface area contributed by atoms with Gasteiger partial charge in [-0.1, -0.05) is 51.5 Å². The lowest BCUT2D eigenvalue weighted by Gasteiger charge is -2.25. The second kappa shape index (κ2) is 4.80. The van der Waals surface area contributed by atoms with Crippen molar-refractivity contribution in [1.82, 2.24) is 0 Å². The zero-order valence-electron chi connectivity index (χ0n) is 10.4. The summed E-state index contributed by atoms with van der Waals surface area (Å²) in [4.78, 5) is 0. The normalized spacial score (nSPS) is 15.3. The summed E-state index contributed by atoms with van der Waals surface area (Å²) in [6, 6.07) is 8.73. The third kappa shape index (κ3) is 3.07. The van der Waals surface area contributed by atoms with Gasteiger partial charge in [-0.25, -0.2) is 0 Å². The van der Waals surface area contributed by atoms with Crippen molar-refractivity contribution in [2.45, 2.75) is 52.0 Å². The van der Waals surface area contributed by atoms with E-state index in [-0.39, 0.29) is 5.54 Å². The highest BCUT2D eigenvalue weighted by Crippen LogP contribution is 2.24. The van der Waals surface area contributed by atoms with Crippen molar-refractivity contribution in [3.63, 3.8) is 0 Å². The lowest BCUT2D eigenvalue weighted by Crippen LogP contribution is -2.32. The summed E-state index contributed by atoms with van der Waals surface area (Å²) in [5, 5.41) is 0. The maximum atomic E-state index is 6.27. The van der Waals surface area contributed by atoms with E-state index in [0.29, 0.717) is 5.92 Å². The Morgan fingerprint density at radius 3 is 2.13 bits per heavy atom. The minimum absolute atomic E-state index is 0.176. The molecule has 0 saturated heterocycles. The predicted octanol–water partition coefficient (Wildman–Crippen LogP) is 3.78. The molecule has 84 valence electrons. The molecule has 1 rings (SSSR count). The molecule has 0 heterocycles. The van der Waals surface area contributed by atoms with E-state index >= 15 is 0 Å². The number of benzene rings is 1. The highest BCUT2D eigenvalue weighted by Gasteiger charge is 2.19. The Labute approximate surface area is 93.7 Å². The third-order valence-corrected chi connectivity index (χ3v) is 3.01. The standard InChI is InChI=1S/C14H23N/c1-5-10-14(4,15)13-8-6-12(7-9-13)11(2)3/h6-9,11H,5,10,15H2,1-4H3. The summed E-state index contributed by atoms with van der Waals surface area (Å²) in [5.41, 5.74) is 8.72. The minimum atomic E-state index is -0.176. The lowest BCUT2D eigenvalue weighted by atomic mass is 9.87. The molecule has 0 aliphatic heterocycles. The fourth-order valence-electron chi connectivity index (χ4n) is 1.91. The van der Waals surface area contributed by atoms with Crippen LogP contribution in [0.1, 0.15) is 57.6 Å². The Kier molecular flexibility index (Phi) is 3.92. The third-order valence-electron chi connectivity index (χ3n) is 3.01. The van der Waals surface area contributed by atoms with Crippen LogP contribution in [0.25, 0.3) is 0 Å². The van der Waals surface area contributed by atoms with E-state index in [9.17, 15) is 0 Å². The van der Waals surface area contributed by atoms with Crippen molar-refractivity contribution < 1.29 is 0 Å². The number of hydrogen-bond acceptors (Lipinski definition) is 1. The molecular weight excluding hydrogens is 182 g/mol. The number of hydrogen-bond donors (Lipinski definition) is 1. The van der Waals surface area contributed by atoms with Gasteiger partial charge in [-0.3, -0.25) is 0 Å². The highest BCUT2D eigenvalue weighted by molar-refractivity contribution is 5.29. The summed E-state index contributed by atoms with van der Waals surface area (Å²) in [6.07, 6.45) is 2.16. The van der Waals surface area contributed by atoms with Crippen molar-refractivity contribution >= 4 is 0 Å². The molecular formula is C14H23N. The predicted molar refractivity (Wildman–Crippen MR) is 67.0 cm³/mol. The minimum Gasteiger partial charge on any atom is -0.322 e. The van der Waals surface area contributed by atoms with Crippen molar-refractivity contribution in [2.24, 2.45) is 5.73 Å². The first-order valence-corrected chi connectivity index (χ1v) is 5.86. The molecule has 1 nitrogen and oxygen atoms in total. The van der Waals surface area contributed by atoms with Crippen LogP contribution in [-0.2, 0) is 5.54 Å². The quantitative estimate of drug-likeness (QED) is 0.795. The molecule has 0 aliphatic carbocycles. The monoisotopic (exact) mass is 205 g/mol. The smallest absolute Gasteiger partial charge is 0.0380 e. The SMILES string of the molecule is CCCC(C)(N)c1ccc(C(C)C)cc1. The molecule has 1 atom stereocenters. The molecule has 0 radical (unpaired) electrons. The van der Waals surface area contributed by atoms with E-state index in [1.807, 2.05) is 0 Å². The van der Waals surface area contributed by atoms with E-state index in [1.54, 1.807) is 0 Å². The summed E-state index contributed by atoms with van der Waals surface area (Å²) >= 11 is 0. The fourth-order valence-corrected chi connectivity index (χ4v) is 1.91. The molecule has 0 saturated carbocycles. The topological polar surface area (TPSA) is 26.0 Å². The molecule has 1 unspecified atom stereocenters. The maximum Gasteiger partial charge on any atom is 0.0380 e. The van der Waals surface area contributed by atoms with E-state index in [2.05, 4.69) is 52.0 Å². The molecule has 1 aromatic rings. The van der Waals surface area contributed by atoms with Gasteiger partial charge in [0.25, 0.3) is 0 Å². The van der Waals surface area contributed by atoms with Crippen molar-refractivity contribution in [3.8, 4) is 0 Å². The summed E-state index contributed by atoms with van der Waals surface area (Å²) < 4.78 is 0. The van der Waals surface area contributed by atoms with Crippen LogP contribution in [0.5, 0.6) is 0 Å². The van der Waals surface area contributed by atoms with Crippen LogP contribution in [0, 0.1) is 0 Å². The Morgan fingerprint density at radius 2 is 1.73 bits per heavy atom. The molecule has 0 aromatic heterocycles. The van der Waals surface area contributed by atoms with Crippen LogP contribution in [0.2, 0.25) is 0 Å². The largest absolute Gasteiger partial charge is 0.322 e. The zero-order valence-corrected chi connectivity index (χ0v) is 10.4. The van der Waals surface area contributed by atoms with Crippen LogP contribution in [-0.4, -0.2) is 0 Å². The first-order chi connectivity index (χ1) is 6.97. The maximum absolute atomic E-state index is 6.27. The van der Waals surface area contributed by atoms with Crippen molar-refractivity contribution in [2.75, 3.05) is 0 Å². The van der Waals surface area contributed by atoms with Gasteiger partial charge in [0.15, 0.2) is 0 Å². The van der Waals surface area contributed by atoms with Gasteiger partial charge in [-0.2, -0.15) is 0 Å². The number of rotatable bonds is 4. The second-order valence-corrected chi connectivity index (χ2v) is 4.94. The molecule has 0 bridgehead atoms. The van der Waals surface area contributed by atoms with Crippen molar-refractivity contribution in [3.05, 3.63) is 35.4 Å². The Balaban J connectivity index is 2.88. The summed E-state index contributed by atoms with van der Waals surface area (Å²) in [7, 11) is 0. The average molecular weight is 205 g/mol. The molecule has 0 fully saturated rings. The molecule has 1 heteroatoms. The van der Waals surface area contributed by atoms with E-state index < -0.39 is 0 Å². The first kappa shape index (κ1) is 12.3. The Bertz CT molecular complexity index is 296. The van der Waals surface area contributed by atoms with Gasteiger partial charge in [-0.15, -0.1) is 0 Å². The molecule has 0 spiro atoms. The van der Waals surface area contributed by atoms with Crippen molar-refractivity contribution in [1.29, 1.82) is 0 Å². The molecule has 15 heavy (non-hydrogen) atoms. The number of nitrogens with two attached hydrogens (primary N) is 1. The lowest BCUT2D eigenvalue weighted by molar-refractivity contribution is 0.446. The van der Waals surface area contributed by atoms with Gasteiger partial charge in [0.05, 0.1) is 0 Å². The molecule has 2 N–H and O–H groups in total. The van der Waals surface area contributed by atoms with Gasteiger partial charge >= 0.3 is 0 Å². The van der Waals surface area contributed by atoms with Gasteiger partial charge in [0, 0.05) is 5.54 Å². The van der Waals surface area contributed by atoms with E-state index in [4.69, 9.17) is 5.73 Å². The summed E-state index contributed by atoms with van der Waals surface area (Å²) in [5.74, 6) is 0.592. The summed E-state index contributed by atoms with van der Waals surface area (Å²) in [6.45, 7) is 8.71. The van der Waals surface area contributed by atoms with Crippen LogP contribution in [0.4, 0.5) is 0 Å². The average Bonchev–Trinajstić information content (AvgIpc) is 2.18. The van der Waals surface area contributed by atoms with Gasteiger partial charge in [0.1, 0.15) is 0 Å². The Hall–Kier alpha value is -0.820. The first-order valence-electron chi connectivity index (χ1n) is 5.86. The van der Waals surface area contributed by atoms with Gasteiger partial charge in [0.2, 0.25) is 0 Å². The molecule has 0 amide bonds. The van der Waals surface area contributed by atoms with Crippen LogP contribution in [0.15, 0.2) is 24.3 Å². The van der Waals surface area contributed by atoms with Crippen LogP contribution < -0.4 is 5.73 Å². The van der Waals surface area contributed by atoms with Gasteiger partial charge in [-0.05, 0) is 30.4 Å². The van der Waals surface area contributed by atoms with Crippen LogP contribution in [0.3, 0.4) is 0 Å². The zero-order chi connectivity index (χ0) is 11.5. The fraction of sp³-hybridized carbons (Fsp3) is 0.571. The highest BCUT2D eigenvalue weighted by atomic mass is 14.7. The van der Waals surface area contributed by atoms with Gasteiger partial charge < -0.3 is 5.73 Å². The van der Waals surface area contributed by atoms with E-state index in [1.165, 1.54) is 11.1 Å². The van der Waals surface area contributed by atoms with Crippen LogP contribution >= 0.6 is 0 Å². The van der Waals surface area contributed by atoms with E-state index in [0.717, 1.165) is 12.8 Å². The molecule has 0 aliphatic rings.